The number of allylic oxidation sites excluding steroid dienone is 4. The number of benzene rings is 3. The number of hydrogen-bond donors (Lipinski definition) is 0. The van der Waals surface area contributed by atoms with Crippen LogP contribution in [0.4, 0.5) is 5.69 Å². The fourth-order valence-electron chi connectivity index (χ4n) is 4.95. The highest BCUT2D eigenvalue weighted by molar-refractivity contribution is 8.03. The Morgan fingerprint density at radius 2 is 1.84 bits per heavy atom. The van der Waals surface area contributed by atoms with Gasteiger partial charge in [0.15, 0.2) is 6.54 Å². The van der Waals surface area contributed by atoms with Gasteiger partial charge in [-0.15, -0.1) is 0 Å². The van der Waals surface area contributed by atoms with E-state index >= 15 is 0 Å². The summed E-state index contributed by atoms with van der Waals surface area (Å²) < 4.78 is 8.19. The lowest BCUT2D eigenvalue weighted by Crippen LogP contribution is -3.00. The summed E-state index contributed by atoms with van der Waals surface area (Å²) >= 11 is 3.62. The van der Waals surface area contributed by atoms with Crippen molar-refractivity contribution >= 4 is 57.3 Å². The zero-order valence-corrected chi connectivity index (χ0v) is 25.2. The highest BCUT2D eigenvalue weighted by Gasteiger charge is 2.26. The zero-order chi connectivity index (χ0) is 25.2. The molecule has 0 saturated carbocycles. The molecule has 0 unspecified atom stereocenters. The first-order valence-electron chi connectivity index (χ1n) is 12.8. The third-order valence-corrected chi connectivity index (χ3v) is 8.89. The van der Waals surface area contributed by atoms with Crippen LogP contribution in [-0.4, -0.2) is 13.2 Å². The van der Waals surface area contributed by atoms with Gasteiger partial charge >= 0.3 is 5.88 Å². The molecule has 0 atom stereocenters. The number of fused-ring (bicyclic) bond motifs is 3. The van der Waals surface area contributed by atoms with Crippen molar-refractivity contribution in [3.8, 4) is 5.88 Å². The molecule has 1 aromatic heterocycles. The predicted molar refractivity (Wildman–Crippen MR) is 159 cm³/mol. The van der Waals surface area contributed by atoms with Crippen LogP contribution in [0, 0.1) is 0 Å². The number of hydrogen-bond acceptors (Lipinski definition) is 4. The Morgan fingerprint density at radius 3 is 2.71 bits per heavy atom. The standard InChI is InChI=1S/C32H29N2OS2.HI/c1-3-33-27-17-7-8-18-28(27)36-31(33)22-24(26-16-9-13-23-12-5-6-15-25(23)26)14-10-20-30-34(4-2)32-29(37-30)19-11-21-35-32;/h5-20,22H,3-4,21H2,1-2H3;1H/q+1;/p-1. The highest BCUT2D eigenvalue weighted by Crippen LogP contribution is 2.46. The van der Waals surface area contributed by atoms with Crippen LogP contribution in [0.1, 0.15) is 29.3 Å². The first kappa shape index (κ1) is 26.8. The molecule has 4 aromatic rings. The topological polar surface area (TPSA) is 16.4 Å². The van der Waals surface area contributed by atoms with Crippen LogP contribution in [0.5, 0.6) is 5.88 Å². The zero-order valence-electron chi connectivity index (χ0n) is 21.4. The molecule has 3 heterocycles. The van der Waals surface area contributed by atoms with Crippen LogP contribution < -0.4 is 38.2 Å². The maximum Gasteiger partial charge on any atom is 0.387 e. The number of ether oxygens (including phenoxy) is 1. The summed E-state index contributed by atoms with van der Waals surface area (Å²) in [6.07, 6.45) is 13.2. The SMILES string of the molecule is CCN1C(=CC(=CC=Cc2sc3c([n+]2CC)OCC=C3)c2cccc3ccccc23)Sc2ccccc21.[I-]. The van der Waals surface area contributed by atoms with Crippen LogP contribution in [0.2, 0.25) is 0 Å². The fraction of sp³-hybridized carbons (Fsp3) is 0.156. The molecule has 6 heteroatoms. The van der Waals surface area contributed by atoms with Crippen molar-refractivity contribution in [2.75, 3.05) is 18.1 Å². The molecule has 192 valence electrons. The third-order valence-electron chi connectivity index (χ3n) is 6.69. The fourth-order valence-corrected chi connectivity index (χ4v) is 7.24. The number of nitrogens with zero attached hydrogens (tertiary/aromatic N) is 2. The second kappa shape index (κ2) is 11.9. The molecule has 3 aromatic carbocycles. The molecule has 2 aliphatic rings. The highest BCUT2D eigenvalue weighted by atomic mass is 127. The van der Waals surface area contributed by atoms with Gasteiger partial charge in [0.1, 0.15) is 11.5 Å². The van der Waals surface area contributed by atoms with Gasteiger partial charge in [0.25, 0.3) is 5.01 Å². The summed E-state index contributed by atoms with van der Waals surface area (Å²) in [4.78, 5) is 4.90. The third kappa shape index (κ3) is 5.09. The molecule has 0 fully saturated rings. The minimum absolute atomic E-state index is 0. The monoisotopic (exact) mass is 648 g/mol. The van der Waals surface area contributed by atoms with Crippen LogP contribution in [0.3, 0.4) is 0 Å². The van der Waals surface area contributed by atoms with Gasteiger partial charge < -0.3 is 33.6 Å². The molecule has 0 N–H and O–H groups in total. The van der Waals surface area contributed by atoms with E-state index in [0.717, 1.165) is 19.0 Å². The minimum Gasteiger partial charge on any atom is -1.00 e. The van der Waals surface area contributed by atoms with Gasteiger partial charge in [0, 0.05) is 17.5 Å². The van der Waals surface area contributed by atoms with E-state index in [1.807, 2.05) is 11.8 Å². The summed E-state index contributed by atoms with van der Waals surface area (Å²) in [6.45, 7) is 6.83. The second-order valence-corrected chi connectivity index (χ2v) is 11.0. The second-order valence-electron chi connectivity index (χ2n) is 8.87. The quantitative estimate of drug-likeness (QED) is 0.163. The smallest absolute Gasteiger partial charge is 0.387 e. The molecular weight excluding hydrogens is 619 g/mol. The molecule has 0 bridgehead atoms. The summed E-state index contributed by atoms with van der Waals surface area (Å²) in [5.41, 5.74) is 3.72. The van der Waals surface area contributed by atoms with Gasteiger partial charge in [0.2, 0.25) is 0 Å². The van der Waals surface area contributed by atoms with E-state index in [2.05, 4.69) is 127 Å². The van der Waals surface area contributed by atoms with E-state index in [4.69, 9.17) is 4.74 Å². The molecule has 38 heavy (non-hydrogen) atoms. The molecule has 0 spiro atoms. The average Bonchev–Trinajstić information content (AvgIpc) is 3.49. The Morgan fingerprint density at radius 1 is 1.03 bits per heavy atom. The Hall–Kier alpha value is -2.81. The first-order chi connectivity index (χ1) is 18.3. The Kier molecular flexibility index (Phi) is 8.41. The van der Waals surface area contributed by atoms with Gasteiger partial charge in [-0.05, 0) is 66.1 Å². The maximum absolute atomic E-state index is 5.93. The van der Waals surface area contributed by atoms with Gasteiger partial charge in [-0.1, -0.05) is 89.8 Å². The van der Waals surface area contributed by atoms with Crippen molar-refractivity contribution in [1.82, 2.24) is 0 Å². The Balaban J connectivity index is 0.00000294. The lowest BCUT2D eigenvalue weighted by molar-refractivity contribution is -0.695. The summed E-state index contributed by atoms with van der Waals surface area (Å²) in [7, 11) is 0. The number of anilines is 1. The number of halogens is 1. The van der Waals surface area contributed by atoms with Crippen molar-refractivity contribution in [3.63, 3.8) is 0 Å². The van der Waals surface area contributed by atoms with Crippen molar-refractivity contribution in [1.29, 1.82) is 0 Å². The van der Waals surface area contributed by atoms with E-state index < -0.39 is 0 Å². The number of rotatable bonds is 6. The van der Waals surface area contributed by atoms with Gasteiger partial charge in [-0.25, -0.2) is 0 Å². The normalized spacial score (nSPS) is 15.6. The van der Waals surface area contributed by atoms with Crippen LogP contribution in [-0.2, 0) is 6.54 Å². The Labute approximate surface area is 249 Å². The van der Waals surface area contributed by atoms with E-state index in [-0.39, 0.29) is 24.0 Å². The number of aromatic nitrogens is 1. The van der Waals surface area contributed by atoms with Crippen LogP contribution in [0.15, 0.2) is 101 Å². The maximum atomic E-state index is 5.93. The van der Waals surface area contributed by atoms with Crippen LogP contribution >= 0.6 is 23.1 Å². The lowest BCUT2D eigenvalue weighted by atomic mass is 9.97. The minimum atomic E-state index is 0. The molecule has 0 saturated heterocycles. The number of thioether (sulfide) groups is 1. The molecule has 0 aliphatic carbocycles. The molecule has 6 rings (SSSR count). The van der Waals surface area contributed by atoms with Gasteiger partial charge in [-0.3, -0.25) is 0 Å². The van der Waals surface area contributed by atoms with Gasteiger partial charge in [-0.2, -0.15) is 4.57 Å². The lowest BCUT2D eigenvalue weighted by Gasteiger charge is -2.19. The average molecular weight is 649 g/mol. The molecule has 3 nitrogen and oxygen atoms in total. The van der Waals surface area contributed by atoms with E-state index in [9.17, 15) is 0 Å². The van der Waals surface area contributed by atoms with E-state index in [1.165, 1.54) is 47.4 Å². The van der Waals surface area contributed by atoms with Crippen LogP contribution in [0.25, 0.3) is 28.5 Å². The van der Waals surface area contributed by atoms with Crippen molar-refractivity contribution in [3.05, 3.63) is 112 Å². The predicted octanol–water partition coefficient (Wildman–Crippen LogP) is 5.19. The largest absolute Gasteiger partial charge is 1.00 e. The first-order valence-corrected chi connectivity index (χ1v) is 14.4. The molecular formula is C32H29IN2OS2. The van der Waals surface area contributed by atoms with E-state index in [1.54, 1.807) is 11.3 Å². The van der Waals surface area contributed by atoms with Crippen molar-refractivity contribution < 1.29 is 33.3 Å². The summed E-state index contributed by atoms with van der Waals surface area (Å²) in [6, 6.07) is 23.9. The Bertz CT molecular complexity index is 1590. The van der Waals surface area contributed by atoms with Crippen molar-refractivity contribution in [2.45, 2.75) is 25.3 Å². The molecule has 0 amide bonds. The number of thiazole rings is 1. The summed E-state index contributed by atoms with van der Waals surface area (Å²) in [5.74, 6) is 0.980. The van der Waals surface area contributed by atoms with E-state index in [0.29, 0.717) is 6.61 Å². The molecule has 0 radical (unpaired) electrons. The van der Waals surface area contributed by atoms with Crippen molar-refractivity contribution in [2.24, 2.45) is 0 Å². The summed E-state index contributed by atoms with van der Waals surface area (Å²) in [5, 5.41) is 4.96. The number of para-hydroxylation sites is 1. The van der Waals surface area contributed by atoms with Gasteiger partial charge in [0.05, 0.1) is 10.7 Å². The molecule has 2 aliphatic heterocycles.